The highest BCUT2D eigenvalue weighted by Crippen LogP contribution is 2.38. The first kappa shape index (κ1) is 22.7. The molecule has 33 heavy (non-hydrogen) atoms. The van der Waals surface area contributed by atoms with Crippen LogP contribution in [-0.2, 0) is 6.18 Å². The van der Waals surface area contributed by atoms with Crippen molar-refractivity contribution in [1.29, 1.82) is 0 Å². The molecule has 3 aromatic carbocycles. The summed E-state index contributed by atoms with van der Waals surface area (Å²) in [6.07, 6.45) is -4.72. The molecule has 0 radical (unpaired) electrons. The summed E-state index contributed by atoms with van der Waals surface area (Å²) in [7, 11) is 1.44. The van der Waals surface area contributed by atoms with Gasteiger partial charge in [-0.25, -0.2) is 0 Å². The van der Waals surface area contributed by atoms with Crippen molar-refractivity contribution in [3.05, 3.63) is 105 Å². The van der Waals surface area contributed by atoms with Crippen LogP contribution in [0.3, 0.4) is 0 Å². The molecule has 1 aliphatic rings. The normalized spacial score (nSPS) is 13.7. The molecule has 8 heteroatoms. The number of allylic oxidation sites excluding steroid dienone is 2. The maximum atomic E-state index is 13.5. The number of hydrogen-bond acceptors (Lipinski definition) is 4. The number of Topliss-reactive ketones (excluding diaryl/α,β-unsaturated/α-hetero) is 3. The van der Waals surface area contributed by atoms with Crippen molar-refractivity contribution in [2.45, 2.75) is 6.18 Å². The van der Waals surface area contributed by atoms with E-state index in [1.807, 2.05) is 0 Å². The molecule has 0 aliphatic heterocycles. The second kappa shape index (κ2) is 8.44. The predicted molar refractivity (Wildman–Crippen MR) is 118 cm³/mol. The SMILES string of the molecule is COc1ccc(C(=O)C2=C(c3ccccc3)C(=O)c3ccc(C(F)(F)F)cc3C2=O)cc1Br. The van der Waals surface area contributed by atoms with E-state index in [0.29, 0.717) is 21.9 Å². The monoisotopic (exact) mass is 514 g/mol. The average molecular weight is 515 g/mol. The van der Waals surface area contributed by atoms with Gasteiger partial charge in [0.25, 0.3) is 0 Å². The molecule has 4 nitrogen and oxygen atoms in total. The quantitative estimate of drug-likeness (QED) is 0.307. The topological polar surface area (TPSA) is 60.4 Å². The minimum Gasteiger partial charge on any atom is -0.496 e. The van der Waals surface area contributed by atoms with Gasteiger partial charge < -0.3 is 4.74 Å². The average Bonchev–Trinajstić information content (AvgIpc) is 2.80. The van der Waals surface area contributed by atoms with E-state index in [1.54, 1.807) is 30.3 Å². The molecule has 0 aromatic heterocycles. The molecule has 3 aromatic rings. The summed E-state index contributed by atoms with van der Waals surface area (Å²) >= 11 is 3.27. The van der Waals surface area contributed by atoms with Crippen molar-refractivity contribution in [2.24, 2.45) is 0 Å². The van der Waals surface area contributed by atoms with Gasteiger partial charge in [0, 0.05) is 22.3 Å². The van der Waals surface area contributed by atoms with Crippen molar-refractivity contribution < 1.29 is 32.3 Å². The Bertz CT molecular complexity index is 1340. The van der Waals surface area contributed by atoms with Gasteiger partial charge in [0.1, 0.15) is 5.75 Å². The molecule has 0 heterocycles. The first-order valence-electron chi connectivity index (χ1n) is 9.62. The van der Waals surface area contributed by atoms with Crippen molar-refractivity contribution in [3.8, 4) is 5.75 Å². The maximum Gasteiger partial charge on any atom is 0.416 e. The van der Waals surface area contributed by atoms with Crippen molar-refractivity contribution in [2.75, 3.05) is 7.11 Å². The molecule has 0 fully saturated rings. The van der Waals surface area contributed by atoms with Crippen LogP contribution in [0.5, 0.6) is 5.75 Å². The van der Waals surface area contributed by atoms with Crippen LogP contribution in [-0.4, -0.2) is 24.5 Å². The molecule has 0 bridgehead atoms. The molecule has 4 rings (SSSR count). The van der Waals surface area contributed by atoms with Crippen LogP contribution in [0.1, 0.15) is 42.2 Å². The lowest BCUT2D eigenvalue weighted by Gasteiger charge is -2.22. The zero-order chi connectivity index (χ0) is 23.9. The van der Waals surface area contributed by atoms with E-state index >= 15 is 0 Å². The van der Waals surface area contributed by atoms with Crippen LogP contribution in [0.4, 0.5) is 13.2 Å². The van der Waals surface area contributed by atoms with Crippen LogP contribution < -0.4 is 4.74 Å². The Morgan fingerprint density at radius 1 is 0.879 bits per heavy atom. The summed E-state index contributed by atoms with van der Waals surface area (Å²) < 4.78 is 45.4. The van der Waals surface area contributed by atoms with Crippen LogP contribution in [0.15, 0.2) is 76.8 Å². The van der Waals surface area contributed by atoms with E-state index in [0.717, 1.165) is 12.1 Å². The Hall–Kier alpha value is -3.52. The van der Waals surface area contributed by atoms with Gasteiger partial charge in [0.15, 0.2) is 17.3 Å². The number of methoxy groups -OCH3 is 1. The molecule has 0 saturated carbocycles. The van der Waals surface area contributed by atoms with E-state index in [1.165, 1.54) is 25.3 Å². The van der Waals surface area contributed by atoms with Gasteiger partial charge in [0.05, 0.1) is 22.7 Å². The fraction of sp³-hybridized carbons (Fsp3) is 0.0800. The Labute approximate surface area is 194 Å². The minimum absolute atomic E-state index is 0.0719. The number of halogens is 4. The van der Waals surface area contributed by atoms with Gasteiger partial charge in [0.2, 0.25) is 0 Å². The van der Waals surface area contributed by atoms with Crippen molar-refractivity contribution >= 4 is 38.9 Å². The third-order valence-corrected chi connectivity index (χ3v) is 5.86. The van der Waals surface area contributed by atoms with Crippen LogP contribution in [0, 0.1) is 0 Å². The fourth-order valence-electron chi connectivity index (χ4n) is 3.65. The maximum absolute atomic E-state index is 13.5. The van der Waals surface area contributed by atoms with Crippen LogP contribution >= 0.6 is 15.9 Å². The number of alkyl halides is 3. The van der Waals surface area contributed by atoms with Gasteiger partial charge in [-0.1, -0.05) is 30.3 Å². The Kier molecular flexibility index (Phi) is 5.80. The second-order valence-corrected chi connectivity index (χ2v) is 8.07. The molecule has 0 unspecified atom stereocenters. The minimum atomic E-state index is -4.72. The van der Waals surface area contributed by atoms with Crippen LogP contribution in [0.2, 0.25) is 0 Å². The molecule has 0 N–H and O–H groups in total. The summed E-state index contributed by atoms with van der Waals surface area (Å²) in [5.41, 5.74) is -1.95. The molecule has 0 spiro atoms. The Morgan fingerprint density at radius 3 is 2.18 bits per heavy atom. The highest BCUT2D eigenvalue weighted by Gasteiger charge is 2.39. The Morgan fingerprint density at radius 2 is 1.58 bits per heavy atom. The summed E-state index contributed by atoms with van der Waals surface area (Å²) in [6.45, 7) is 0. The number of rotatable bonds is 4. The number of fused-ring (bicyclic) bond motifs is 1. The highest BCUT2D eigenvalue weighted by molar-refractivity contribution is 9.10. The van der Waals surface area contributed by atoms with Gasteiger partial charge in [-0.2, -0.15) is 13.2 Å². The largest absolute Gasteiger partial charge is 0.496 e. The molecule has 1 aliphatic carbocycles. The molecule has 0 amide bonds. The van der Waals surface area contributed by atoms with Crippen molar-refractivity contribution in [1.82, 2.24) is 0 Å². The predicted octanol–water partition coefficient (Wildman–Crippen LogP) is 6.19. The summed E-state index contributed by atoms with van der Waals surface area (Å²) in [4.78, 5) is 40.2. The number of benzene rings is 3. The number of hydrogen-bond donors (Lipinski definition) is 0. The summed E-state index contributed by atoms with van der Waals surface area (Å²) in [5, 5.41) is 0. The number of carbonyl (C=O) groups is 3. The Balaban J connectivity index is 1.96. The van der Waals surface area contributed by atoms with Gasteiger partial charge >= 0.3 is 6.18 Å². The number of ether oxygens (including phenoxy) is 1. The summed E-state index contributed by atoms with van der Waals surface area (Å²) in [6, 6.07) is 14.8. The van der Waals surface area contributed by atoms with E-state index < -0.39 is 40.2 Å². The molecule has 0 atom stereocenters. The van der Waals surface area contributed by atoms with Gasteiger partial charge in [-0.05, 0) is 57.9 Å². The zero-order valence-electron chi connectivity index (χ0n) is 17.0. The van der Waals surface area contributed by atoms with Gasteiger partial charge in [-0.15, -0.1) is 0 Å². The van der Waals surface area contributed by atoms with E-state index in [-0.39, 0.29) is 16.7 Å². The van der Waals surface area contributed by atoms with Gasteiger partial charge in [-0.3, -0.25) is 14.4 Å². The standard InChI is InChI=1S/C25H14BrF3O4/c1-33-19-10-7-14(11-18(19)26)22(30)21-20(13-5-3-2-4-6-13)23(31)16-9-8-15(25(27,28)29)12-17(16)24(21)32/h2-12H,1H3. The molecule has 0 saturated heterocycles. The third kappa shape index (κ3) is 4.02. The fourth-order valence-corrected chi connectivity index (χ4v) is 4.19. The van der Waals surface area contributed by atoms with Crippen molar-refractivity contribution in [3.63, 3.8) is 0 Å². The summed E-state index contributed by atoms with van der Waals surface area (Å²) in [5.74, 6) is -1.97. The van der Waals surface area contributed by atoms with Crippen LogP contribution in [0.25, 0.3) is 5.57 Å². The second-order valence-electron chi connectivity index (χ2n) is 7.21. The number of carbonyl (C=O) groups excluding carboxylic acids is 3. The van der Waals surface area contributed by atoms with E-state index in [2.05, 4.69) is 15.9 Å². The lowest BCUT2D eigenvalue weighted by molar-refractivity contribution is -0.137. The van der Waals surface area contributed by atoms with E-state index in [9.17, 15) is 27.6 Å². The first-order valence-corrected chi connectivity index (χ1v) is 10.4. The number of ketones is 3. The molecular weight excluding hydrogens is 501 g/mol. The lowest BCUT2D eigenvalue weighted by atomic mass is 9.78. The smallest absolute Gasteiger partial charge is 0.416 e. The molecule has 166 valence electrons. The third-order valence-electron chi connectivity index (χ3n) is 5.24. The first-order chi connectivity index (χ1) is 15.6. The molecular formula is C25H14BrF3O4. The lowest BCUT2D eigenvalue weighted by Crippen LogP contribution is -2.27. The zero-order valence-corrected chi connectivity index (χ0v) is 18.6. The van der Waals surface area contributed by atoms with E-state index in [4.69, 9.17) is 4.74 Å². The highest BCUT2D eigenvalue weighted by atomic mass is 79.9.